The summed E-state index contributed by atoms with van der Waals surface area (Å²) in [6.07, 6.45) is 8.66. The molecule has 0 amide bonds. The SMILES string of the molecule is C/C=C/C(C)=O.CC.CCCC(C)(C)CCC.CO. The number of carbonyl (C=O) groups excluding carboxylic acids is 1. The van der Waals surface area contributed by atoms with E-state index in [1.165, 1.54) is 38.7 Å². The van der Waals surface area contributed by atoms with E-state index in [0.29, 0.717) is 5.41 Å². The van der Waals surface area contributed by atoms with Gasteiger partial charge >= 0.3 is 0 Å². The van der Waals surface area contributed by atoms with Crippen molar-refractivity contribution in [2.45, 2.75) is 81.1 Å². The van der Waals surface area contributed by atoms with E-state index < -0.39 is 0 Å². The summed E-state index contributed by atoms with van der Waals surface area (Å²) in [5.41, 5.74) is 0.601. The van der Waals surface area contributed by atoms with E-state index >= 15 is 0 Å². The summed E-state index contributed by atoms with van der Waals surface area (Å²) in [5, 5.41) is 7.00. The Hall–Kier alpha value is -0.630. The van der Waals surface area contributed by atoms with Crippen LogP contribution in [0.15, 0.2) is 12.2 Å². The van der Waals surface area contributed by atoms with Crippen LogP contribution < -0.4 is 0 Å². The Balaban J connectivity index is -0.0000000977. The maximum atomic E-state index is 9.96. The first kappa shape index (κ1) is 26.8. The van der Waals surface area contributed by atoms with Crippen LogP contribution in [0.1, 0.15) is 81.1 Å². The van der Waals surface area contributed by atoms with Crippen LogP contribution in [-0.2, 0) is 4.79 Å². The van der Waals surface area contributed by atoms with Gasteiger partial charge in [0.15, 0.2) is 5.78 Å². The van der Waals surface area contributed by atoms with Gasteiger partial charge in [-0.2, -0.15) is 0 Å². The predicted octanol–water partition coefficient (Wildman–Crippen LogP) is 5.40. The van der Waals surface area contributed by atoms with Crippen molar-refractivity contribution >= 4 is 5.78 Å². The summed E-state index contributed by atoms with van der Waals surface area (Å²) < 4.78 is 0. The lowest BCUT2D eigenvalue weighted by Crippen LogP contribution is -2.09. The van der Waals surface area contributed by atoms with Crippen LogP contribution in [0, 0.1) is 5.41 Å². The summed E-state index contributed by atoms with van der Waals surface area (Å²) in [6.45, 7) is 16.6. The molecular weight excluding hydrogens is 236 g/mol. The maximum Gasteiger partial charge on any atom is 0.152 e. The van der Waals surface area contributed by atoms with Crippen LogP contribution >= 0.6 is 0 Å². The van der Waals surface area contributed by atoms with E-state index in [-0.39, 0.29) is 5.78 Å². The van der Waals surface area contributed by atoms with E-state index in [2.05, 4.69) is 27.7 Å². The van der Waals surface area contributed by atoms with Crippen molar-refractivity contribution in [1.82, 2.24) is 0 Å². The van der Waals surface area contributed by atoms with Crippen LogP contribution in [0.25, 0.3) is 0 Å². The van der Waals surface area contributed by atoms with Gasteiger partial charge in [-0.15, -0.1) is 0 Å². The third-order valence-corrected chi connectivity index (χ3v) is 2.25. The molecule has 0 aliphatic rings. The molecule has 0 fully saturated rings. The molecular formula is C17H38O2. The summed E-state index contributed by atoms with van der Waals surface area (Å²) in [6, 6.07) is 0. The van der Waals surface area contributed by atoms with Crippen molar-refractivity contribution in [1.29, 1.82) is 0 Å². The van der Waals surface area contributed by atoms with Crippen molar-refractivity contribution in [2.75, 3.05) is 7.11 Å². The maximum absolute atomic E-state index is 9.96. The largest absolute Gasteiger partial charge is 0.400 e. The van der Waals surface area contributed by atoms with E-state index in [0.717, 1.165) is 7.11 Å². The van der Waals surface area contributed by atoms with Gasteiger partial charge < -0.3 is 5.11 Å². The zero-order valence-corrected chi connectivity index (χ0v) is 14.8. The Morgan fingerprint density at radius 1 is 1.05 bits per heavy atom. The molecule has 0 saturated carbocycles. The Morgan fingerprint density at radius 2 is 1.37 bits per heavy atom. The fraction of sp³-hybridized carbons (Fsp3) is 0.824. The van der Waals surface area contributed by atoms with Gasteiger partial charge in [0.05, 0.1) is 0 Å². The summed E-state index contributed by atoms with van der Waals surface area (Å²) >= 11 is 0. The molecule has 0 heterocycles. The third-order valence-electron chi connectivity index (χ3n) is 2.25. The Morgan fingerprint density at radius 3 is 1.47 bits per heavy atom. The molecule has 1 N–H and O–H groups in total. The second kappa shape index (κ2) is 22.5. The van der Waals surface area contributed by atoms with Crippen molar-refractivity contribution in [2.24, 2.45) is 5.41 Å². The van der Waals surface area contributed by atoms with Crippen LogP contribution in [0.5, 0.6) is 0 Å². The zero-order valence-electron chi connectivity index (χ0n) is 14.8. The molecule has 0 aliphatic heterocycles. The van der Waals surface area contributed by atoms with Gasteiger partial charge in [-0.25, -0.2) is 0 Å². The molecule has 2 heteroatoms. The second-order valence-electron chi connectivity index (χ2n) is 4.77. The molecule has 19 heavy (non-hydrogen) atoms. The van der Waals surface area contributed by atoms with Gasteiger partial charge in [0.2, 0.25) is 0 Å². The van der Waals surface area contributed by atoms with Gasteiger partial charge in [-0.05, 0) is 38.2 Å². The minimum atomic E-state index is 0.109. The number of rotatable bonds is 5. The van der Waals surface area contributed by atoms with Gasteiger partial charge in [-0.3, -0.25) is 4.79 Å². The Kier molecular flexibility index (Phi) is 31.8. The van der Waals surface area contributed by atoms with Crippen LogP contribution in [-0.4, -0.2) is 18.0 Å². The molecule has 0 bridgehead atoms. The van der Waals surface area contributed by atoms with E-state index in [1.54, 1.807) is 6.08 Å². The van der Waals surface area contributed by atoms with E-state index in [1.807, 2.05) is 20.8 Å². The van der Waals surface area contributed by atoms with Crippen LogP contribution in [0.4, 0.5) is 0 Å². The molecule has 0 radical (unpaired) electrons. The van der Waals surface area contributed by atoms with Crippen molar-refractivity contribution in [3.05, 3.63) is 12.2 Å². The van der Waals surface area contributed by atoms with Gasteiger partial charge in [-0.1, -0.05) is 60.5 Å². The lowest BCUT2D eigenvalue weighted by molar-refractivity contribution is -0.112. The van der Waals surface area contributed by atoms with Crippen molar-refractivity contribution in [3.8, 4) is 0 Å². The van der Waals surface area contributed by atoms with Crippen molar-refractivity contribution < 1.29 is 9.90 Å². The topological polar surface area (TPSA) is 37.3 Å². The molecule has 0 saturated heterocycles. The minimum absolute atomic E-state index is 0.109. The molecule has 0 rings (SSSR count). The Bertz CT molecular complexity index is 174. The van der Waals surface area contributed by atoms with Crippen molar-refractivity contribution in [3.63, 3.8) is 0 Å². The highest BCUT2D eigenvalue weighted by Gasteiger charge is 2.13. The first-order valence-electron chi connectivity index (χ1n) is 7.47. The molecule has 0 atom stereocenters. The average molecular weight is 274 g/mol. The number of hydrogen-bond donors (Lipinski definition) is 1. The fourth-order valence-corrected chi connectivity index (χ4v) is 1.71. The number of aliphatic hydroxyl groups is 1. The highest BCUT2D eigenvalue weighted by atomic mass is 16.2. The fourth-order valence-electron chi connectivity index (χ4n) is 1.71. The summed E-state index contributed by atoms with van der Waals surface area (Å²) in [5.74, 6) is 0.109. The summed E-state index contributed by atoms with van der Waals surface area (Å²) in [7, 11) is 1.00. The predicted molar refractivity (Wildman–Crippen MR) is 88.6 cm³/mol. The number of aliphatic hydroxyl groups excluding tert-OH is 1. The Labute approximate surface area is 122 Å². The van der Waals surface area contributed by atoms with Gasteiger partial charge in [0.1, 0.15) is 0 Å². The van der Waals surface area contributed by atoms with Gasteiger partial charge in [0.25, 0.3) is 0 Å². The zero-order chi connectivity index (χ0) is 16.3. The first-order chi connectivity index (χ1) is 8.89. The van der Waals surface area contributed by atoms with Gasteiger partial charge in [0, 0.05) is 7.11 Å². The quantitative estimate of drug-likeness (QED) is 0.682. The van der Waals surface area contributed by atoms with Crippen LogP contribution in [0.2, 0.25) is 0 Å². The molecule has 0 aliphatic carbocycles. The average Bonchev–Trinajstić information content (AvgIpc) is 2.34. The molecule has 2 nitrogen and oxygen atoms in total. The molecule has 0 unspecified atom stereocenters. The van der Waals surface area contributed by atoms with Crippen LogP contribution in [0.3, 0.4) is 0 Å². The highest BCUT2D eigenvalue weighted by Crippen LogP contribution is 2.27. The summed E-state index contributed by atoms with van der Waals surface area (Å²) in [4.78, 5) is 9.96. The highest BCUT2D eigenvalue weighted by molar-refractivity contribution is 5.87. The third kappa shape index (κ3) is 38.2. The first-order valence-corrected chi connectivity index (χ1v) is 7.47. The lowest BCUT2D eigenvalue weighted by atomic mass is 9.84. The number of allylic oxidation sites excluding steroid dienone is 2. The van der Waals surface area contributed by atoms with E-state index in [4.69, 9.17) is 5.11 Å². The minimum Gasteiger partial charge on any atom is -0.400 e. The second-order valence-corrected chi connectivity index (χ2v) is 4.77. The molecule has 0 aromatic heterocycles. The van der Waals surface area contributed by atoms with E-state index in [9.17, 15) is 4.79 Å². The number of hydrogen-bond acceptors (Lipinski definition) is 2. The smallest absolute Gasteiger partial charge is 0.152 e. The molecule has 0 aromatic carbocycles. The number of carbonyl (C=O) groups is 1. The standard InChI is InChI=1S/C9H20.C5H8O.C2H6.CH4O/c1-5-7-9(3,4)8-6-2;1-3-4-5(2)6;2*1-2/h5-8H2,1-4H3;3-4H,1-2H3;1-2H3;2H,1H3/b;4-3+;;. The monoisotopic (exact) mass is 274 g/mol. The molecule has 0 aromatic rings. The molecule has 0 spiro atoms. The normalized spacial score (nSPS) is 9.37. The lowest BCUT2D eigenvalue weighted by Gasteiger charge is -2.22. The molecule has 118 valence electrons. The number of ketones is 1.